The lowest BCUT2D eigenvalue weighted by atomic mass is 10.1. The van der Waals surface area contributed by atoms with Crippen LogP contribution in [0.5, 0.6) is 5.75 Å². The molecule has 0 aliphatic heterocycles. The average Bonchev–Trinajstić information content (AvgIpc) is 2.26. The van der Waals surface area contributed by atoms with E-state index in [1.165, 1.54) is 13.2 Å². The number of methoxy groups -OCH3 is 1. The second-order valence-corrected chi connectivity index (χ2v) is 3.12. The molecule has 2 rings (SSSR count). The SMILES string of the molecule is COc1cc(CO)cc2oc(=O)ccc12. The Labute approximate surface area is 85.7 Å². The van der Waals surface area contributed by atoms with Crippen LogP contribution in [-0.4, -0.2) is 12.2 Å². The summed E-state index contributed by atoms with van der Waals surface area (Å²) in [6.07, 6.45) is 0. The fraction of sp³-hybridized carbons (Fsp3) is 0.182. The van der Waals surface area contributed by atoms with E-state index in [2.05, 4.69) is 0 Å². The highest BCUT2D eigenvalue weighted by atomic mass is 16.5. The number of benzene rings is 1. The summed E-state index contributed by atoms with van der Waals surface area (Å²) in [5.74, 6) is 0.584. The van der Waals surface area contributed by atoms with Crippen LogP contribution in [0.25, 0.3) is 11.0 Å². The number of fused-ring (bicyclic) bond motifs is 1. The lowest BCUT2D eigenvalue weighted by molar-refractivity contribution is 0.281. The zero-order chi connectivity index (χ0) is 10.8. The van der Waals surface area contributed by atoms with Gasteiger partial charge in [0.15, 0.2) is 0 Å². The lowest BCUT2D eigenvalue weighted by Crippen LogP contribution is -1.97. The van der Waals surface area contributed by atoms with E-state index in [0.29, 0.717) is 22.3 Å². The summed E-state index contributed by atoms with van der Waals surface area (Å²) in [6.45, 7) is -0.120. The van der Waals surface area contributed by atoms with E-state index < -0.39 is 5.63 Å². The topological polar surface area (TPSA) is 59.7 Å². The van der Waals surface area contributed by atoms with Gasteiger partial charge in [0.25, 0.3) is 0 Å². The molecule has 0 aliphatic rings. The first-order valence-corrected chi connectivity index (χ1v) is 4.46. The Hall–Kier alpha value is -1.81. The zero-order valence-corrected chi connectivity index (χ0v) is 8.19. The van der Waals surface area contributed by atoms with Crippen molar-refractivity contribution in [2.75, 3.05) is 7.11 Å². The number of aliphatic hydroxyl groups excluding tert-OH is 1. The van der Waals surface area contributed by atoms with Gasteiger partial charge in [-0.05, 0) is 23.8 Å². The standard InChI is InChI=1S/C11H10O4/c1-14-9-4-7(6-12)5-10-8(9)2-3-11(13)15-10/h2-5,12H,6H2,1H3. The fourth-order valence-corrected chi connectivity index (χ4v) is 1.46. The van der Waals surface area contributed by atoms with Gasteiger partial charge in [0, 0.05) is 6.07 Å². The highest BCUT2D eigenvalue weighted by Crippen LogP contribution is 2.26. The van der Waals surface area contributed by atoms with Crippen molar-refractivity contribution in [3.63, 3.8) is 0 Å². The Morgan fingerprint density at radius 3 is 2.87 bits per heavy atom. The van der Waals surface area contributed by atoms with E-state index in [0.717, 1.165) is 0 Å². The molecule has 0 saturated carbocycles. The van der Waals surface area contributed by atoms with Crippen LogP contribution in [-0.2, 0) is 6.61 Å². The van der Waals surface area contributed by atoms with E-state index in [1.54, 1.807) is 18.2 Å². The number of rotatable bonds is 2. The van der Waals surface area contributed by atoms with Gasteiger partial charge >= 0.3 is 5.63 Å². The number of hydrogen-bond acceptors (Lipinski definition) is 4. The van der Waals surface area contributed by atoms with Crippen molar-refractivity contribution in [2.24, 2.45) is 0 Å². The summed E-state index contributed by atoms with van der Waals surface area (Å²) >= 11 is 0. The van der Waals surface area contributed by atoms with Gasteiger partial charge in [-0.15, -0.1) is 0 Å². The Bertz CT molecular complexity index is 542. The molecule has 1 aromatic carbocycles. The highest BCUT2D eigenvalue weighted by Gasteiger charge is 2.06. The average molecular weight is 206 g/mol. The predicted molar refractivity (Wildman–Crippen MR) is 55.0 cm³/mol. The fourth-order valence-electron chi connectivity index (χ4n) is 1.46. The van der Waals surface area contributed by atoms with E-state index in [9.17, 15) is 4.79 Å². The van der Waals surface area contributed by atoms with Gasteiger partial charge in [0.2, 0.25) is 0 Å². The Balaban J connectivity index is 2.80. The molecule has 15 heavy (non-hydrogen) atoms. The van der Waals surface area contributed by atoms with Crippen molar-refractivity contribution < 1.29 is 14.3 Å². The van der Waals surface area contributed by atoms with Crippen LogP contribution >= 0.6 is 0 Å². The van der Waals surface area contributed by atoms with Gasteiger partial charge in [0.1, 0.15) is 11.3 Å². The van der Waals surface area contributed by atoms with Gasteiger partial charge in [-0.25, -0.2) is 4.79 Å². The maximum Gasteiger partial charge on any atom is 0.336 e. The molecule has 0 atom stereocenters. The van der Waals surface area contributed by atoms with Crippen LogP contribution < -0.4 is 10.4 Å². The molecule has 0 unspecified atom stereocenters. The molecule has 0 fully saturated rings. The first-order valence-electron chi connectivity index (χ1n) is 4.46. The Kier molecular flexibility index (Phi) is 2.43. The molecule has 1 heterocycles. The monoisotopic (exact) mass is 206 g/mol. The van der Waals surface area contributed by atoms with Crippen LogP contribution in [0.4, 0.5) is 0 Å². The molecule has 0 bridgehead atoms. The lowest BCUT2D eigenvalue weighted by Gasteiger charge is -2.06. The minimum atomic E-state index is -0.417. The molecule has 1 aromatic heterocycles. The Morgan fingerprint density at radius 1 is 1.40 bits per heavy atom. The molecule has 0 spiro atoms. The maximum atomic E-state index is 11.0. The molecular weight excluding hydrogens is 196 g/mol. The third kappa shape index (κ3) is 1.71. The van der Waals surface area contributed by atoms with Gasteiger partial charge in [0.05, 0.1) is 19.1 Å². The molecule has 78 valence electrons. The van der Waals surface area contributed by atoms with Crippen molar-refractivity contribution in [1.29, 1.82) is 0 Å². The van der Waals surface area contributed by atoms with Gasteiger partial charge < -0.3 is 14.3 Å². The van der Waals surface area contributed by atoms with Crippen molar-refractivity contribution in [3.05, 3.63) is 40.2 Å². The first-order chi connectivity index (χ1) is 7.24. The Morgan fingerprint density at radius 2 is 2.20 bits per heavy atom. The van der Waals surface area contributed by atoms with Crippen LogP contribution in [0.2, 0.25) is 0 Å². The van der Waals surface area contributed by atoms with E-state index in [4.69, 9.17) is 14.3 Å². The van der Waals surface area contributed by atoms with Crippen LogP contribution in [0.15, 0.2) is 33.5 Å². The van der Waals surface area contributed by atoms with Gasteiger partial charge in [-0.2, -0.15) is 0 Å². The van der Waals surface area contributed by atoms with E-state index in [1.807, 2.05) is 0 Å². The van der Waals surface area contributed by atoms with E-state index in [-0.39, 0.29) is 6.61 Å². The molecule has 0 aliphatic carbocycles. The molecule has 4 heteroatoms. The molecular formula is C11H10O4. The minimum absolute atomic E-state index is 0.120. The molecule has 1 N–H and O–H groups in total. The molecule has 0 amide bonds. The molecule has 0 radical (unpaired) electrons. The summed E-state index contributed by atoms with van der Waals surface area (Å²) in [6, 6.07) is 6.31. The minimum Gasteiger partial charge on any atom is -0.496 e. The summed E-state index contributed by atoms with van der Waals surface area (Å²) < 4.78 is 10.1. The summed E-state index contributed by atoms with van der Waals surface area (Å²) in [4.78, 5) is 11.0. The second-order valence-electron chi connectivity index (χ2n) is 3.12. The van der Waals surface area contributed by atoms with Crippen molar-refractivity contribution in [1.82, 2.24) is 0 Å². The summed E-state index contributed by atoms with van der Waals surface area (Å²) in [7, 11) is 1.53. The van der Waals surface area contributed by atoms with E-state index >= 15 is 0 Å². The van der Waals surface area contributed by atoms with Crippen LogP contribution in [0.3, 0.4) is 0 Å². The molecule has 2 aromatic rings. The largest absolute Gasteiger partial charge is 0.496 e. The number of aliphatic hydroxyl groups is 1. The van der Waals surface area contributed by atoms with Crippen molar-refractivity contribution >= 4 is 11.0 Å². The first kappa shape index (κ1) is 9.73. The second kappa shape index (κ2) is 3.74. The van der Waals surface area contributed by atoms with Gasteiger partial charge in [-0.1, -0.05) is 0 Å². The highest BCUT2D eigenvalue weighted by molar-refractivity contribution is 5.84. The zero-order valence-electron chi connectivity index (χ0n) is 8.19. The quantitative estimate of drug-likeness (QED) is 0.752. The van der Waals surface area contributed by atoms with Crippen molar-refractivity contribution in [2.45, 2.75) is 6.61 Å². The van der Waals surface area contributed by atoms with Gasteiger partial charge in [-0.3, -0.25) is 0 Å². The third-order valence-electron chi connectivity index (χ3n) is 2.16. The number of hydrogen-bond donors (Lipinski definition) is 1. The smallest absolute Gasteiger partial charge is 0.336 e. The normalized spacial score (nSPS) is 10.5. The maximum absolute atomic E-state index is 11.0. The third-order valence-corrected chi connectivity index (χ3v) is 2.16. The summed E-state index contributed by atoms with van der Waals surface area (Å²) in [5, 5.41) is 9.73. The van der Waals surface area contributed by atoms with Crippen LogP contribution in [0, 0.1) is 0 Å². The number of ether oxygens (including phenoxy) is 1. The molecule has 0 saturated heterocycles. The predicted octanol–water partition coefficient (Wildman–Crippen LogP) is 1.29. The summed E-state index contributed by atoms with van der Waals surface area (Å²) in [5.41, 5.74) is 0.652. The molecule has 4 nitrogen and oxygen atoms in total. The van der Waals surface area contributed by atoms with Crippen LogP contribution in [0.1, 0.15) is 5.56 Å². The van der Waals surface area contributed by atoms with Crippen molar-refractivity contribution in [3.8, 4) is 5.75 Å².